The number of halogens is 2. The Morgan fingerprint density at radius 1 is 0.909 bits per heavy atom. The predicted octanol–water partition coefficient (Wildman–Crippen LogP) is 4.52. The molecule has 0 radical (unpaired) electrons. The number of nitrogens with zero attached hydrogens (tertiary/aromatic N) is 2. The van der Waals surface area contributed by atoms with Crippen LogP contribution in [0, 0.1) is 34.3 Å². The molecule has 0 aliphatic heterocycles. The number of hydrogen-bond acceptors (Lipinski definition) is 2. The van der Waals surface area contributed by atoms with Crippen molar-refractivity contribution in [2.75, 3.05) is 0 Å². The summed E-state index contributed by atoms with van der Waals surface area (Å²) in [5.41, 5.74) is 0.170. The van der Waals surface area contributed by atoms with E-state index < -0.39 is 5.41 Å². The molecule has 0 atom stereocenters. The van der Waals surface area contributed by atoms with E-state index in [1.165, 1.54) is 12.1 Å². The number of benzene rings is 2. The lowest BCUT2D eigenvalue weighted by atomic mass is 9.86. The second kappa shape index (κ2) is 7.90. The molecule has 0 bridgehead atoms. The van der Waals surface area contributed by atoms with Crippen molar-refractivity contribution in [3.8, 4) is 12.1 Å². The molecule has 2 aromatic rings. The molecule has 112 valence electrons. The zero-order valence-corrected chi connectivity index (χ0v) is 12.5. The molecule has 0 aromatic heterocycles. The molecule has 2 nitrogen and oxygen atoms in total. The van der Waals surface area contributed by atoms with Crippen molar-refractivity contribution < 1.29 is 8.78 Å². The van der Waals surface area contributed by atoms with Gasteiger partial charge < -0.3 is 0 Å². The highest BCUT2D eigenvalue weighted by atomic mass is 19.1. The lowest BCUT2D eigenvalue weighted by molar-refractivity contribution is 0.565. The summed E-state index contributed by atoms with van der Waals surface area (Å²) < 4.78 is 25.7. The first-order valence-electron chi connectivity index (χ1n) is 6.69. The smallest absolute Gasteiger partial charge is 0.127 e. The molecule has 0 aliphatic carbocycles. The van der Waals surface area contributed by atoms with Crippen LogP contribution >= 0.6 is 0 Å². The average Bonchev–Trinajstić information content (AvgIpc) is 2.51. The van der Waals surface area contributed by atoms with Crippen LogP contribution in [0.1, 0.15) is 25.0 Å². The SMILES string of the molecule is CC(C)(C#N)c1ccccc1F.N#CCc1ccccc1F. The minimum absolute atomic E-state index is 0.146. The van der Waals surface area contributed by atoms with Crippen molar-refractivity contribution in [2.24, 2.45) is 0 Å². The third kappa shape index (κ3) is 4.68. The largest absolute Gasteiger partial charge is 0.207 e. The van der Waals surface area contributed by atoms with Gasteiger partial charge in [0.05, 0.1) is 24.0 Å². The lowest BCUT2D eigenvalue weighted by Crippen LogP contribution is -2.15. The highest BCUT2D eigenvalue weighted by molar-refractivity contribution is 5.31. The van der Waals surface area contributed by atoms with Crippen LogP contribution in [0.2, 0.25) is 0 Å². The van der Waals surface area contributed by atoms with E-state index in [2.05, 4.69) is 6.07 Å². The van der Waals surface area contributed by atoms with Crippen LogP contribution in [0.5, 0.6) is 0 Å². The predicted molar refractivity (Wildman–Crippen MR) is 80.8 cm³/mol. The Bertz CT molecular complexity index is 710. The lowest BCUT2D eigenvalue weighted by Gasteiger charge is -2.15. The first-order valence-corrected chi connectivity index (χ1v) is 6.69. The summed E-state index contributed by atoms with van der Waals surface area (Å²) in [5, 5.41) is 17.0. The molecular weight excluding hydrogens is 282 g/mol. The molecule has 0 amide bonds. The Morgan fingerprint density at radius 2 is 1.45 bits per heavy atom. The Labute approximate surface area is 129 Å². The second-order valence-electron chi connectivity index (χ2n) is 5.14. The number of hydrogen-bond donors (Lipinski definition) is 0. The van der Waals surface area contributed by atoms with E-state index in [4.69, 9.17) is 10.5 Å². The fourth-order valence-corrected chi connectivity index (χ4v) is 1.76. The topological polar surface area (TPSA) is 47.6 Å². The van der Waals surface area contributed by atoms with Gasteiger partial charge in [-0.1, -0.05) is 36.4 Å². The second-order valence-corrected chi connectivity index (χ2v) is 5.14. The maximum atomic E-state index is 13.1. The van der Waals surface area contributed by atoms with E-state index in [0.29, 0.717) is 11.1 Å². The average molecular weight is 298 g/mol. The van der Waals surface area contributed by atoms with Crippen molar-refractivity contribution in [3.63, 3.8) is 0 Å². The summed E-state index contributed by atoms with van der Waals surface area (Å²) >= 11 is 0. The Hall–Kier alpha value is -2.72. The first-order chi connectivity index (χ1) is 10.4. The van der Waals surface area contributed by atoms with Crippen molar-refractivity contribution in [3.05, 3.63) is 71.3 Å². The van der Waals surface area contributed by atoms with E-state index in [0.717, 1.165) is 0 Å². The number of nitriles is 2. The molecule has 0 heterocycles. The summed E-state index contributed by atoms with van der Waals surface area (Å²) in [6, 6.07) is 16.6. The molecular formula is C18H16F2N2. The van der Waals surface area contributed by atoms with Gasteiger partial charge >= 0.3 is 0 Å². The Kier molecular flexibility index (Phi) is 6.23. The molecule has 0 spiro atoms. The molecule has 0 N–H and O–H groups in total. The van der Waals surface area contributed by atoms with Crippen molar-refractivity contribution in [1.29, 1.82) is 10.5 Å². The van der Waals surface area contributed by atoms with E-state index in [-0.39, 0.29) is 18.1 Å². The van der Waals surface area contributed by atoms with Crippen LogP contribution in [-0.2, 0) is 11.8 Å². The van der Waals surface area contributed by atoms with Crippen molar-refractivity contribution in [2.45, 2.75) is 25.7 Å². The summed E-state index contributed by atoms with van der Waals surface area (Å²) in [6.45, 7) is 3.40. The van der Waals surface area contributed by atoms with Crippen LogP contribution in [0.15, 0.2) is 48.5 Å². The summed E-state index contributed by atoms with van der Waals surface area (Å²) in [7, 11) is 0. The van der Waals surface area contributed by atoms with Crippen LogP contribution in [0.3, 0.4) is 0 Å². The molecule has 0 saturated carbocycles. The molecule has 22 heavy (non-hydrogen) atoms. The van der Waals surface area contributed by atoms with Crippen LogP contribution in [0.25, 0.3) is 0 Å². The summed E-state index contributed by atoms with van der Waals surface area (Å²) in [6.07, 6.45) is 0.146. The van der Waals surface area contributed by atoms with E-state index in [1.807, 2.05) is 6.07 Å². The molecule has 2 aromatic carbocycles. The standard InChI is InChI=1S/C10H10FN.C8H6FN/c1-10(2,7-12)8-5-3-4-6-9(8)11;9-8-4-2-1-3-7(8)5-6-10/h3-6H,1-2H3;1-4H,5H2. The maximum absolute atomic E-state index is 13.1. The summed E-state index contributed by atoms with van der Waals surface area (Å²) in [5.74, 6) is -0.617. The molecule has 0 fully saturated rings. The molecule has 0 unspecified atom stereocenters. The van der Waals surface area contributed by atoms with Gasteiger partial charge in [-0.3, -0.25) is 0 Å². The van der Waals surface area contributed by atoms with Gasteiger partial charge in [-0.2, -0.15) is 10.5 Å². The van der Waals surface area contributed by atoms with Crippen LogP contribution in [-0.4, -0.2) is 0 Å². The highest BCUT2D eigenvalue weighted by Crippen LogP contribution is 2.24. The van der Waals surface area contributed by atoms with E-state index >= 15 is 0 Å². The third-order valence-corrected chi connectivity index (χ3v) is 3.05. The fraction of sp³-hybridized carbons (Fsp3) is 0.222. The summed E-state index contributed by atoms with van der Waals surface area (Å²) in [4.78, 5) is 0. The molecule has 2 rings (SSSR count). The minimum atomic E-state index is -0.745. The van der Waals surface area contributed by atoms with Gasteiger partial charge in [0.2, 0.25) is 0 Å². The van der Waals surface area contributed by atoms with Gasteiger partial charge in [-0.05, 0) is 26.0 Å². The number of rotatable bonds is 2. The van der Waals surface area contributed by atoms with Gasteiger partial charge in [0.15, 0.2) is 0 Å². The van der Waals surface area contributed by atoms with Gasteiger partial charge in [-0.15, -0.1) is 0 Å². The van der Waals surface area contributed by atoms with Crippen molar-refractivity contribution >= 4 is 0 Å². The zero-order chi connectivity index (χ0) is 16.6. The van der Waals surface area contributed by atoms with E-state index in [9.17, 15) is 8.78 Å². The van der Waals surface area contributed by atoms with Gasteiger partial charge in [0, 0.05) is 11.1 Å². The van der Waals surface area contributed by atoms with Crippen LogP contribution < -0.4 is 0 Å². The Morgan fingerprint density at radius 3 is 1.95 bits per heavy atom. The third-order valence-electron chi connectivity index (χ3n) is 3.05. The fourth-order valence-electron chi connectivity index (χ4n) is 1.76. The zero-order valence-electron chi connectivity index (χ0n) is 12.5. The van der Waals surface area contributed by atoms with E-state index in [1.54, 1.807) is 50.2 Å². The van der Waals surface area contributed by atoms with Gasteiger partial charge in [-0.25, -0.2) is 8.78 Å². The monoisotopic (exact) mass is 298 g/mol. The molecule has 0 aliphatic rings. The maximum Gasteiger partial charge on any atom is 0.127 e. The van der Waals surface area contributed by atoms with Crippen LogP contribution in [0.4, 0.5) is 8.78 Å². The quantitative estimate of drug-likeness (QED) is 0.818. The Balaban J connectivity index is 0.000000224. The highest BCUT2D eigenvalue weighted by Gasteiger charge is 2.22. The molecule has 4 heteroatoms. The van der Waals surface area contributed by atoms with Gasteiger partial charge in [0.1, 0.15) is 11.6 Å². The molecule has 0 saturated heterocycles. The van der Waals surface area contributed by atoms with Crippen molar-refractivity contribution in [1.82, 2.24) is 0 Å². The minimum Gasteiger partial charge on any atom is -0.207 e. The normalized spacial score (nSPS) is 9.91. The van der Waals surface area contributed by atoms with Gasteiger partial charge in [0.25, 0.3) is 0 Å². The first kappa shape index (κ1) is 17.3.